The van der Waals surface area contributed by atoms with Crippen molar-refractivity contribution in [1.82, 2.24) is 0 Å². The predicted molar refractivity (Wildman–Crippen MR) is 56.8 cm³/mol. The molecule has 0 amide bonds. The van der Waals surface area contributed by atoms with Gasteiger partial charge < -0.3 is 10.5 Å². The molecule has 0 atom stereocenters. The summed E-state index contributed by atoms with van der Waals surface area (Å²) in [5.74, 6) is 0.333. The lowest BCUT2D eigenvalue weighted by molar-refractivity contribution is 0.356. The molecule has 15 heavy (non-hydrogen) atoms. The molecular weight excluding hydrogens is 214 g/mol. The van der Waals surface area contributed by atoms with E-state index in [-0.39, 0.29) is 0 Å². The molecule has 0 saturated carbocycles. The molecule has 5 heteroatoms. The number of hydrogen-bond acceptors (Lipinski definition) is 4. The van der Waals surface area contributed by atoms with Crippen LogP contribution >= 0.6 is 0 Å². The Hall–Kier alpha value is -1.49. The zero-order chi connectivity index (χ0) is 10.9. The minimum absolute atomic E-state index is 0.333. The van der Waals surface area contributed by atoms with Crippen LogP contribution in [0.3, 0.4) is 0 Å². The molecular formula is C10H11NO3S. The zero-order valence-corrected chi connectivity index (χ0v) is 8.83. The van der Waals surface area contributed by atoms with E-state index in [9.17, 15) is 8.42 Å². The minimum atomic E-state index is -3.29. The Balaban J connectivity index is 2.41. The van der Waals surface area contributed by atoms with Gasteiger partial charge in [0.15, 0.2) is 9.84 Å². The summed E-state index contributed by atoms with van der Waals surface area (Å²) >= 11 is 0. The first-order valence-electron chi connectivity index (χ1n) is 4.54. The molecule has 0 bridgehead atoms. The van der Waals surface area contributed by atoms with Gasteiger partial charge in [-0.15, -0.1) is 0 Å². The number of allylic oxidation sites excluding steroid dienone is 3. The molecule has 0 aromatic carbocycles. The topological polar surface area (TPSA) is 69.4 Å². The van der Waals surface area contributed by atoms with Crippen molar-refractivity contribution in [3.05, 3.63) is 46.3 Å². The average Bonchev–Trinajstić information content (AvgIpc) is 2.17. The average molecular weight is 225 g/mol. The zero-order valence-electron chi connectivity index (χ0n) is 8.01. The predicted octanol–water partition coefficient (Wildman–Crippen LogP) is 1.31. The van der Waals surface area contributed by atoms with Crippen LogP contribution in [0.25, 0.3) is 0 Å². The van der Waals surface area contributed by atoms with Crippen molar-refractivity contribution >= 4 is 9.84 Å². The van der Waals surface area contributed by atoms with Crippen molar-refractivity contribution in [2.24, 2.45) is 5.73 Å². The first-order valence-corrected chi connectivity index (χ1v) is 6.15. The molecule has 4 nitrogen and oxygen atoms in total. The van der Waals surface area contributed by atoms with Crippen LogP contribution in [-0.2, 0) is 14.6 Å². The summed E-state index contributed by atoms with van der Waals surface area (Å²) in [6.45, 7) is 0. The maximum atomic E-state index is 11.3. The lowest BCUT2D eigenvalue weighted by Crippen LogP contribution is -2.09. The summed E-state index contributed by atoms with van der Waals surface area (Å²) in [7, 11) is -3.29. The minimum Gasteiger partial charge on any atom is -0.463 e. The van der Waals surface area contributed by atoms with Gasteiger partial charge >= 0.3 is 0 Å². The number of ether oxygens (including phenoxy) is 1. The fourth-order valence-electron chi connectivity index (χ4n) is 1.49. The molecule has 1 aliphatic heterocycles. The van der Waals surface area contributed by atoms with E-state index < -0.39 is 9.84 Å². The highest BCUT2D eigenvalue weighted by Gasteiger charge is 2.18. The maximum absolute atomic E-state index is 11.3. The summed E-state index contributed by atoms with van der Waals surface area (Å²) in [5.41, 5.74) is 7.07. The number of hydrogen-bond donors (Lipinski definition) is 1. The van der Waals surface area contributed by atoms with E-state index in [1.54, 1.807) is 6.08 Å². The second-order valence-electron chi connectivity index (χ2n) is 3.34. The highest BCUT2D eigenvalue weighted by Crippen LogP contribution is 2.27. The summed E-state index contributed by atoms with van der Waals surface area (Å²) in [5, 5.41) is 2.13. The third-order valence-corrected chi connectivity index (χ3v) is 3.25. The SMILES string of the molecule is NC1=C(C2=CS(=O)(=O)C=CO2)CCC=C1. The van der Waals surface area contributed by atoms with Crippen LogP contribution in [0, 0.1) is 0 Å². The Morgan fingerprint density at radius 3 is 2.87 bits per heavy atom. The highest BCUT2D eigenvalue weighted by atomic mass is 32.2. The Morgan fingerprint density at radius 2 is 2.20 bits per heavy atom. The van der Waals surface area contributed by atoms with Gasteiger partial charge in [0, 0.05) is 11.3 Å². The van der Waals surface area contributed by atoms with Gasteiger partial charge in [-0.2, -0.15) is 0 Å². The Labute approximate surface area is 88.3 Å². The summed E-state index contributed by atoms with van der Waals surface area (Å²) in [6, 6.07) is 0. The molecule has 0 spiro atoms. The van der Waals surface area contributed by atoms with Crippen molar-refractivity contribution in [1.29, 1.82) is 0 Å². The largest absolute Gasteiger partial charge is 0.463 e. The van der Waals surface area contributed by atoms with Gasteiger partial charge in [-0.1, -0.05) is 6.08 Å². The van der Waals surface area contributed by atoms with Gasteiger partial charge in [-0.3, -0.25) is 0 Å². The van der Waals surface area contributed by atoms with E-state index >= 15 is 0 Å². The first-order chi connectivity index (χ1) is 7.08. The molecule has 1 aliphatic carbocycles. The van der Waals surface area contributed by atoms with Crippen LogP contribution in [0.5, 0.6) is 0 Å². The van der Waals surface area contributed by atoms with Crippen molar-refractivity contribution in [3.8, 4) is 0 Å². The van der Waals surface area contributed by atoms with Gasteiger partial charge in [0.05, 0.1) is 10.8 Å². The molecule has 2 aliphatic rings. The van der Waals surface area contributed by atoms with Crippen molar-refractivity contribution in [2.45, 2.75) is 12.8 Å². The second kappa shape index (κ2) is 3.58. The van der Waals surface area contributed by atoms with Crippen molar-refractivity contribution < 1.29 is 13.2 Å². The van der Waals surface area contributed by atoms with E-state index in [1.807, 2.05) is 6.08 Å². The summed E-state index contributed by atoms with van der Waals surface area (Å²) in [6.07, 6.45) is 6.45. The highest BCUT2D eigenvalue weighted by molar-refractivity contribution is 7.97. The van der Waals surface area contributed by atoms with E-state index in [1.165, 1.54) is 6.26 Å². The molecule has 2 rings (SSSR count). The standard InChI is InChI=1S/C10H11NO3S/c11-9-4-2-1-3-8(9)10-7-15(12,13)6-5-14-10/h2,4-7H,1,3,11H2. The van der Waals surface area contributed by atoms with E-state index in [4.69, 9.17) is 10.5 Å². The molecule has 0 saturated heterocycles. The lowest BCUT2D eigenvalue weighted by atomic mass is 10.0. The van der Waals surface area contributed by atoms with E-state index in [0.29, 0.717) is 17.9 Å². The molecule has 0 aromatic rings. The van der Waals surface area contributed by atoms with E-state index in [0.717, 1.165) is 22.8 Å². The summed E-state index contributed by atoms with van der Waals surface area (Å²) < 4.78 is 27.7. The fraction of sp³-hybridized carbons (Fsp3) is 0.200. The number of rotatable bonds is 1. The Morgan fingerprint density at radius 1 is 1.40 bits per heavy atom. The third-order valence-electron chi connectivity index (χ3n) is 2.22. The molecule has 1 heterocycles. The van der Waals surface area contributed by atoms with Crippen molar-refractivity contribution in [3.63, 3.8) is 0 Å². The quantitative estimate of drug-likeness (QED) is 0.730. The molecule has 80 valence electrons. The van der Waals surface area contributed by atoms with Crippen LogP contribution in [0.1, 0.15) is 12.8 Å². The van der Waals surface area contributed by atoms with Gasteiger partial charge in [0.25, 0.3) is 0 Å². The maximum Gasteiger partial charge on any atom is 0.199 e. The van der Waals surface area contributed by atoms with Crippen LogP contribution in [0.15, 0.2) is 46.3 Å². The molecule has 2 N–H and O–H groups in total. The van der Waals surface area contributed by atoms with Gasteiger partial charge in [-0.25, -0.2) is 8.42 Å². The Kier molecular flexibility index (Phi) is 2.40. The molecule has 0 aromatic heterocycles. The second-order valence-corrected chi connectivity index (χ2v) is 5.02. The van der Waals surface area contributed by atoms with Gasteiger partial charge in [0.1, 0.15) is 12.0 Å². The van der Waals surface area contributed by atoms with Crippen LogP contribution in [0.2, 0.25) is 0 Å². The monoisotopic (exact) mass is 225 g/mol. The van der Waals surface area contributed by atoms with Gasteiger partial charge in [0.2, 0.25) is 0 Å². The smallest absolute Gasteiger partial charge is 0.199 e. The molecule has 0 radical (unpaired) electrons. The summed E-state index contributed by atoms with van der Waals surface area (Å²) in [4.78, 5) is 0. The third kappa shape index (κ3) is 2.12. The molecule has 0 fully saturated rings. The fourth-order valence-corrected chi connectivity index (χ4v) is 2.27. The number of sulfone groups is 1. The van der Waals surface area contributed by atoms with Crippen molar-refractivity contribution in [2.75, 3.05) is 0 Å². The Bertz CT molecular complexity index is 495. The van der Waals surface area contributed by atoms with Crippen LogP contribution in [0.4, 0.5) is 0 Å². The van der Waals surface area contributed by atoms with Crippen LogP contribution in [-0.4, -0.2) is 8.42 Å². The lowest BCUT2D eigenvalue weighted by Gasteiger charge is -2.16. The normalized spacial score (nSPS) is 23.6. The van der Waals surface area contributed by atoms with Gasteiger partial charge in [-0.05, 0) is 18.9 Å². The van der Waals surface area contributed by atoms with Crippen LogP contribution < -0.4 is 5.73 Å². The van der Waals surface area contributed by atoms with E-state index in [2.05, 4.69) is 0 Å². The first kappa shape index (κ1) is 10.0. The number of nitrogens with two attached hydrogens (primary N) is 1. The molecule has 0 unspecified atom stereocenters.